The van der Waals surface area contributed by atoms with E-state index in [4.69, 9.17) is 4.74 Å². The lowest BCUT2D eigenvalue weighted by Crippen LogP contribution is -2.31. The molecular formula is C21H22N2O2. The molecule has 0 radical (unpaired) electrons. The third-order valence-corrected chi connectivity index (χ3v) is 4.56. The summed E-state index contributed by atoms with van der Waals surface area (Å²) in [5, 5.41) is 0. The second-order valence-corrected chi connectivity index (χ2v) is 6.51. The summed E-state index contributed by atoms with van der Waals surface area (Å²) in [5.74, 6) is 0.826. The van der Waals surface area contributed by atoms with Gasteiger partial charge in [-0.25, -0.2) is 0 Å². The molecule has 1 atom stereocenters. The van der Waals surface area contributed by atoms with E-state index in [1.165, 1.54) is 6.07 Å². The van der Waals surface area contributed by atoms with Crippen molar-refractivity contribution in [2.24, 2.45) is 0 Å². The van der Waals surface area contributed by atoms with Gasteiger partial charge in [-0.2, -0.15) is 0 Å². The number of aromatic nitrogens is 2. The van der Waals surface area contributed by atoms with Crippen LogP contribution >= 0.6 is 0 Å². The summed E-state index contributed by atoms with van der Waals surface area (Å²) < 4.78 is 5.24. The van der Waals surface area contributed by atoms with Crippen molar-refractivity contribution < 1.29 is 4.74 Å². The fourth-order valence-corrected chi connectivity index (χ4v) is 3.04. The van der Waals surface area contributed by atoms with Gasteiger partial charge < -0.3 is 9.72 Å². The molecule has 25 heavy (non-hydrogen) atoms. The van der Waals surface area contributed by atoms with Gasteiger partial charge in [0.1, 0.15) is 5.75 Å². The Labute approximate surface area is 147 Å². The van der Waals surface area contributed by atoms with Gasteiger partial charge in [0.05, 0.1) is 18.2 Å². The van der Waals surface area contributed by atoms with Gasteiger partial charge in [-0.3, -0.25) is 9.78 Å². The van der Waals surface area contributed by atoms with Gasteiger partial charge in [-0.1, -0.05) is 24.3 Å². The molecule has 0 fully saturated rings. The molecule has 0 aliphatic heterocycles. The van der Waals surface area contributed by atoms with Crippen molar-refractivity contribution >= 4 is 0 Å². The third kappa shape index (κ3) is 3.63. The second kappa shape index (κ2) is 6.93. The van der Waals surface area contributed by atoms with Gasteiger partial charge in [-0.15, -0.1) is 0 Å². The predicted molar refractivity (Wildman–Crippen MR) is 99.2 cm³/mol. The average Bonchev–Trinajstić information content (AvgIpc) is 2.63. The summed E-state index contributed by atoms with van der Waals surface area (Å²) in [6.07, 6.45) is 2.58. The lowest BCUT2D eigenvalue weighted by Gasteiger charge is -2.29. The summed E-state index contributed by atoms with van der Waals surface area (Å²) in [6.45, 7) is 4.13. The zero-order valence-corrected chi connectivity index (χ0v) is 14.7. The van der Waals surface area contributed by atoms with Crippen LogP contribution in [0, 0.1) is 6.92 Å². The SMILES string of the molecule is COc1ccc(CC(C)(c2ccc(C)cn2)c2cccc(=O)[nH]2)cc1. The maximum absolute atomic E-state index is 11.9. The lowest BCUT2D eigenvalue weighted by atomic mass is 9.77. The number of rotatable bonds is 5. The molecule has 4 heteroatoms. The van der Waals surface area contributed by atoms with Crippen LogP contribution in [0.1, 0.15) is 29.4 Å². The van der Waals surface area contributed by atoms with Crippen LogP contribution in [0.25, 0.3) is 0 Å². The molecule has 3 aromatic rings. The molecule has 3 rings (SSSR count). The average molecular weight is 334 g/mol. The summed E-state index contributed by atoms with van der Waals surface area (Å²) in [6, 6.07) is 17.3. The van der Waals surface area contributed by atoms with Gasteiger partial charge in [0, 0.05) is 18.0 Å². The Bertz CT molecular complexity index is 898. The van der Waals surface area contributed by atoms with E-state index in [9.17, 15) is 4.79 Å². The first-order valence-electron chi connectivity index (χ1n) is 8.27. The quantitative estimate of drug-likeness (QED) is 0.775. The number of methoxy groups -OCH3 is 1. The fourth-order valence-electron chi connectivity index (χ4n) is 3.04. The molecule has 1 unspecified atom stereocenters. The first kappa shape index (κ1) is 17.0. The van der Waals surface area contributed by atoms with Crippen LogP contribution in [0.2, 0.25) is 0 Å². The van der Waals surface area contributed by atoms with E-state index in [1.807, 2.05) is 49.5 Å². The molecule has 0 aliphatic carbocycles. The second-order valence-electron chi connectivity index (χ2n) is 6.51. The van der Waals surface area contributed by atoms with E-state index in [-0.39, 0.29) is 5.56 Å². The van der Waals surface area contributed by atoms with Crippen LogP contribution in [-0.2, 0) is 11.8 Å². The van der Waals surface area contributed by atoms with Gasteiger partial charge in [0.25, 0.3) is 0 Å². The molecule has 0 bridgehead atoms. The van der Waals surface area contributed by atoms with Gasteiger partial charge in [0.2, 0.25) is 5.56 Å². The van der Waals surface area contributed by atoms with Crippen LogP contribution in [-0.4, -0.2) is 17.1 Å². The standard InChI is InChI=1S/C21H22N2O2/c1-15-7-12-18(22-14-15)21(2,19-5-4-6-20(24)23-19)13-16-8-10-17(25-3)11-9-16/h4-12,14H,13H2,1-3H3,(H,23,24). The first-order chi connectivity index (χ1) is 12.0. The number of ether oxygens (including phenoxy) is 1. The molecule has 0 saturated heterocycles. The minimum atomic E-state index is -0.442. The summed E-state index contributed by atoms with van der Waals surface area (Å²) >= 11 is 0. The maximum Gasteiger partial charge on any atom is 0.248 e. The van der Waals surface area contributed by atoms with Crippen molar-refractivity contribution in [3.63, 3.8) is 0 Å². The molecule has 0 amide bonds. The number of nitrogens with zero attached hydrogens (tertiary/aromatic N) is 1. The van der Waals surface area contributed by atoms with Crippen LogP contribution in [0.15, 0.2) is 65.6 Å². The number of aromatic amines is 1. The Hall–Kier alpha value is -2.88. The summed E-state index contributed by atoms with van der Waals surface area (Å²) in [7, 11) is 1.66. The zero-order valence-electron chi connectivity index (χ0n) is 14.7. The van der Waals surface area contributed by atoms with E-state index < -0.39 is 5.41 Å². The largest absolute Gasteiger partial charge is 0.497 e. The van der Waals surface area contributed by atoms with Crippen molar-refractivity contribution in [2.45, 2.75) is 25.7 Å². The lowest BCUT2D eigenvalue weighted by molar-refractivity contribution is 0.414. The molecule has 0 saturated carbocycles. The molecule has 1 N–H and O–H groups in total. The number of H-pyrrole nitrogens is 1. The molecule has 2 aromatic heterocycles. The molecule has 2 heterocycles. The minimum absolute atomic E-state index is 0.106. The molecule has 4 nitrogen and oxygen atoms in total. The smallest absolute Gasteiger partial charge is 0.248 e. The minimum Gasteiger partial charge on any atom is -0.497 e. The van der Waals surface area contributed by atoms with Crippen LogP contribution in [0.5, 0.6) is 5.75 Å². The van der Waals surface area contributed by atoms with Crippen LogP contribution < -0.4 is 10.3 Å². The molecule has 128 valence electrons. The highest BCUT2D eigenvalue weighted by Crippen LogP contribution is 2.33. The Morgan fingerprint density at radius 1 is 1.08 bits per heavy atom. The van der Waals surface area contributed by atoms with Crippen LogP contribution in [0.4, 0.5) is 0 Å². The van der Waals surface area contributed by atoms with E-state index in [0.29, 0.717) is 6.42 Å². The Balaban J connectivity index is 2.07. The highest BCUT2D eigenvalue weighted by molar-refractivity contribution is 5.36. The number of hydrogen-bond acceptors (Lipinski definition) is 3. The predicted octanol–water partition coefficient (Wildman–Crippen LogP) is 3.64. The van der Waals surface area contributed by atoms with Crippen molar-refractivity contribution in [1.82, 2.24) is 9.97 Å². The number of nitrogens with one attached hydrogen (secondary N) is 1. The van der Waals surface area contributed by atoms with E-state index in [2.05, 4.69) is 23.0 Å². The summed E-state index contributed by atoms with van der Waals surface area (Å²) in [4.78, 5) is 19.5. The van der Waals surface area contributed by atoms with E-state index in [0.717, 1.165) is 28.3 Å². The highest BCUT2D eigenvalue weighted by atomic mass is 16.5. The Kier molecular flexibility index (Phi) is 4.70. The topological polar surface area (TPSA) is 55.0 Å². The molecular weight excluding hydrogens is 312 g/mol. The number of hydrogen-bond donors (Lipinski definition) is 1. The number of benzene rings is 1. The molecule has 0 spiro atoms. The number of pyridine rings is 2. The summed E-state index contributed by atoms with van der Waals surface area (Å²) in [5.41, 5.74) is 3.49. The molecule has 0 aliphatic rings. The monoisotopic (exact) mass is 334 g/mol. The zero-order chi connectivity index (χ0) is 17.9. The van der Waals surface area contributed by atoms with Crippen LogP contribution in [0.3, 0.4) is 0 Å². The number of aryl methyl sites for hydroxylation is 1. The fraction of sp³-hybridized carbons (Fsp3) is 0.238. The highest BCUT2D eigenvalue weighted by Gasteiger charge is 2.31. The maximum atomic E-state index is 11.9. The van der Waals surface area contributed by atoms with Gasteiger partial charge in [0.15, 0.2) is 0 Å². The normalized spacial score (nSPS) is 13.2. The van der Waals surface area contributed by atoms with Crippen molar-refractivity contribution in [1.29, 1.82) is 0 Å². The van der Waals surface area contributed by atoms with Crippen molar-refractivity contribution in [3.8, 4) is 5.75 Å². The van der Waals surface area contributed by atoms with Gasteiger partial charge in [-0.05, 0) is 55.7 Å². The third-order valence-electron chi connectivity index (χ3n) is 4.56. The van der Waals surface area contributed by atoms with Crippen molar-refractivity contribution in [3.05, 3.63) is 93.7 Å². The van der Waals surface area contributed by atoms with E-state index in [1.54, 1.807) is 13.2 Å². The molecule has 1 aromatic carbocycles. The van der Waals surface area contributed by atoms with Crippen molar-refractivity contribution in [2.75, 3.05) is 7.11 Å². The Morgan fingerprint density at radius 3 is 2.44 bits per heavy atom. The van der Waals surface area contributed by atoms with Gasteiger partial charge >= 0.3 is 0 Å². The first-order valence-corrected chi connectivity index (χ1v) is 8.27. The van der Waals surface area contributed by atoms with E-state index >= 15 is 0 Å². The Morgan fingerprint density at radius 2 is 1.84 bits per heavy atom.